The van der Waals surface area contributed by atoms with E-state index in [1.807, 2.05) is 25.1 Å². The lowest BCUT2D eigenvalue weighted by atomic mass is 10.3. The molecule has 1 aromatic rings. The van der Waals surface area contributed by atoms with Crippen molar-refractivity contribution in [1.82, 2.24) is 15.3 Å². The lowest BCUT2D eigenvalue weighted by Crippen LogP contribution is -2.33. The fourth-order valence-electron chi connectivity index (χ4n) is 1.68. The van der Waals surface area contributed by atoms with Crippen LogP contribution in [-0.2, 0) is 4.79 Å². The second-order valence-corrected chi connectivity index (χ2v) is 4.52. The first kappa shape index (κ1) is 12.6. The number of nitrogens with zero attached hydrogens (tertiary/aromatic N) is 3. The van der Waals surface area contributed by atoms with Crippen molar-refractivity contribution in [3.05, 3.63) is 11.9 Å². The molecule has 0 radical (unpaired) electrons. The molecule has 0 saturated heterocycles. The molecule has 1 heterocycles. The normalized spacial score (nSPS) is 14.2. The summed E-state index contributed by atoms with van der Waals surface area (Å²) in [5.74, 6) is 2.91. The number of rotatable bonds is 5. The molecule has 0 bridgehead atoms. The molecule has 6 heteroatoms. The van der Waals surface area contributed by atoms with Gasteiger partial charge in [0.1, 0.15) is 17.5 Å². The Morgan fingerprint density at radius 1 is 1.44 bits per heavy atom. The summed E-state index contributed by atoms with van der Waals surface area (Å²) in [7, 11) is 5.32. The molecule has 98 valence electrons. The minimum Gasteiger partial charge on any atom is -0.373 e. The zero-order valence-electron chi connectivity index (χ0n) is 11.0. The summed E-state index contributed by atoms with van der Waals surface area (Å²) in [6.07, 6.45) is 2.32. The van der Waals surface area contributed by atoms with Crippen molar-refractivity contribution in [2.45, 2.75) is 18.8 Å². The summed E-state index contributed by atoms with van der Waals surface area (Å²) in [5.41, 5.74) is 0. The molecule has 1 aromatic heterocycles. The number of likely N-dealkylation sites (N-methyl/N-ethyl adjacent to an activating group) is 2. The minimum absolute atomic E-state index is 0.0323. The number of hydrogen-bond donors (Lipinski definition) is 2. The van der Waals surface area contributed by atoms with Gasteiger partial charge in [0.05, 0.1) is 6.54 Å². The van der Waals surface area contributed by atoms with Crippen molar-refractivity contribution in [2.24, 2.45) is 0 Å². The van der Waals surface area contributed by atoms with Crippen molar-refractivity contribution in [2.75, 3.05) is 37.9 Å². The molecule has 2 rings (SSSR count). The van der Waals surface area contributed by atoms with E-state index in [0.717, 1.165) is 30.3 Å². The van der Waals surface area contributed by atoms with Crippen LogP contribution in [0.25, 0.3) is 0 Å². The molecule has 0 aromatic carbocycles. The Morgan fingerprint density at radius 2 is 2.17 bits per heavy atom. The highest BCUT2D eigenvalue weighted by Gasteiger charge is 2.27. The highest BCUT2D eigenvalue weighted by molar-refractivity contribution is 5.80. The summed E-state index contributed by atoms with van der Waals surface area (Å²) < 4.78 is 0. The minimum atomic E-state index is -0.0323. The zero-order chi connectivity index (χ0) is 13.1. The molecule has 1 aliphatic rings. The van der Waals surface area contributed by atoms with E-state index in [9.17, 15) is 4.79 Å². The van der Waals surface area contributed by atoms with Crippen molar-refractivity contribution in [3.8, 4) is 0 Å². The first-order valence-corrected chi connectivity index (χ1v) is 6.12. The number of anilines is 2. The Morgan fingerprint density at radius 3 is 2.72 bits per heavy atom. The fourth-order valence-corrected chi connectivity index (χ4v) is 1.68. The number of carbonyl (C=O) groups is 1. The van der Waals surface area contributed by atoms with Gasteiger partial charge in [-0.1, -0.05) is 0 Å². The largest absolute Gasteiger partial charge is 0.373 e. The van der Waals surface area contributed by atoms with Crippen LogP contribution in [0.5, 0.6) is 0 Å². The molecule has 0 aliphatic heterocycles. The number of nitrogens with one attached hydrogen (secondary N) is 2. The van der Waals surface area contributed by atoms with Gasteiger partial charge in [-0.25, -0.2) is 9.97 Å². The van der Waals surface area contributed by atoms with Gasteiger partial charge in [-0.2, -0.15) is 0 Å². The molecule has 0 unspecified atom stereocenters. The maximum atomic E-state index is 11.4. The Bertz CT molecular complexity index is 444. The van der Waals surface area contributed by atoms with Gasteiger partial charge < -0.3 is 15.5 Å². The van der Waals surface area contributed by atoms with Gasteiger partial charge >= 0.3 is 0 Å². The smallest absolute Gasteiger partial charge is 0.239 e. The molecule has 1 saturated carbocycles. The first-order valence-electron chi connectivity index (χ1n) is 6.12. The Labute approximate surface area is 107 Å². The average Bonchev–Trinajstić information content (AvgIpc) is 3.22. The maximum Gasteiger partial charge on any atom is 0.239 e. The Hall–Kier alpha value is -1.85. The van der Waals surface area contributed by atoms with Gasteiger partial charge in [-0.15, -0.1) is 0 Å². The molecule has 0 spiro atoms. The van der Waals surface area contributed by atoms with Crippen LogP contribution >= 0.6 is 0 Å². The molecule has 2 N–H and O–H groups in total. The first-order chi connectivity index (χ1) is 8.63. The van der Waals surface area contributed by atoms with Gasteiger partial charge in [-0.05, 0) is 12.8 Å². The van der Waals surface area contributed by atoms with Gasteiger partial charge in [0, 0.05) is 33.1 Å². The lowest BCUT2D eigenvalue weighted by molar-refractivity contribution is -0.119. The van der Waals surface area contributed by atoms with Gasteiger partial charge in [0.15, 0.2) is 0 Å². The quantitative estimate of drug-likeness (QED) is 0.798. The zero-order valence-corrected chi connectivity index (χ0v) is 11.0. The van der Waals surface area contributed by atoms with E-state index in [0.29, 0.717) is 12.5 Å². The van der Waals surface area contributed by atoms with Crippen LogP contribution in [0.3, 0.4) is 0 Å². The summed E-state index contributed by atoms with van der Waals surface area (Å²) in [5, 5.41) is 5.64. The van der Waals surface area contributed by atoms with Gasteiger partial charge in [0.2, 0.25) is 5.91 Å². The number of hydrogen-bond acceptors (Lipinski definition) is 5. The molecular weight excluding hydrogens is 230 g/mol. The average molecular weight is 249 g/mol. The molecule has 1 aliphatic carbocycles. The molecule has 1 amide bonds. The maximum absolute atomic E-state index is 11.4. The third-order valence-electron chi connectivity index (χ3n) is 2.98. The third kappa shape index (κ3) is 2.88. The van der Waals surface area contributed by atoms with Crippen molar-refractivity contribution >= 4 is 17.5 Å². The lowest BCUT2D eigenvalue weighted by Gasteiger charge is -2.18. The van der Waals surface area contributed by atoms with E-state index in [4.69, 9.17) is 0 Å². The van der Waals surface area contributed by atoms with Crippen LogP contribution in [0.4, 0.5) is 11.6 Å². The standard InChI is InChI=1S/C12H19N5O/c1-13-9-6-10(17(3)7-11(18)14-2)16-12(15-9)8-4-5-8/h6,8H,4-5,7H2,1-3H3,(H,14,18)(H,13,15,16). The molecule has 1 fully saturated rings. The highest BCUT2D eigenvalue weighted by atomic mass is 16.1. The van der Waals surface area contributed by atoms with Gasteiger partial charge in [-0.3, -0.25) is 4.79 Å². The van der Waals surface area contributed by atoms with E-state index >= 15 is 0 Å². The van der Waals surface area contributed by atoms with Crippen LogP contribution in [0.1, 0.15) is 24.6 Å². The van der Waals surface area contributed by atoms with Crippen LogP contribution in [-0.4, -0.2) is 43.6 Å². The number of aromatic nitrogens is 2. The van der Waals surface area contributed by atoms with E-state index in [1.54, 1.807) is 7.05 Å². The number of carbonyl (C=O) groups excluding carboxylic acids is 1. The fraction of sp³-hybridized carbons (Fsp3) is 0.583. The predicted molar refractivity (Wildman–Crippen MR) is 70.9 cm³/mol. The topological polar surface area (TPSA) is 70.2 Å². The summed E-state index contributed by atoms with van der Waals surface area (Å²) in [4.78, 5) is 22.2. The SMILES string of the molecule is CNC(=O)CN(C)c1cc(NC)nc(C2CC2)n1. The van der Waals surface area contributed by atoms with Crippen LogP contribution in [0.2, 0.25) is 0 Å². The van der Waals surface area contributed by atoms with Crippen molar-refractivity contribution < 1.29 is 4.79 Å². The van der Waals surface area contributed by atoms with Crippen LogP contribution in [0, 0.1) is 0 Å². The molecule has 18 heavy (non-hydrogen) atoms. The second-order valence-electron chi connectivity index (χ2n) is 4.52. The monoisotopic (exact) mass is 249 g/mol. The summed E-state index contributed by atoms with van der Waals surface area (Å²) >= 11 is 0. The predicted octanol–water partition coefficient (Wildman–Crippen LogP) is 0.578. The second kappa shape index (κ2) is 5.20. The molecule has 6 nitrogen and oxygen atoms in total. The van der Waals surface area contributed by atoms with Crippen molar-refractivity contribution in [1.29, 1.82) is 0 Å². The number of amides is 1. The third-order valence-corrected chi connectivity index (χ3v) is 2.98. The van der Waals surface area contributed by atoms with E-state index in [-0.39, 0.29) is 5.91 Å². The summed E-state index contributed by atoms with van der Waals surface area (Å²) in [6, 6.07) is 1.86. The highest BCUT2D eigenvalue weighted by Crippen LogP contribution is 2.39. The Kier molecular flexibility index (Phi) is 3.64. The Balaban J connectivity index is 2.19. The van der Waals surface area contributed by atoms with Gasteiger partial charge in [0.25, 0.3) is 0 Å². The van der Waals surface area contributed by atoms with E-state index < -0.39 is 0 Å². The van der Waals surface area contributed by atoms with Crippen LogP contribution < -0.4 is 15.5 Å². The van der Waals surface area contributed by atoms with E-state index in [2.05, 4.69) is 20.6 Å². The summed E-state index contributed by atoms with van der Waals surface area (Å²) in [6.45, 7) is 0.292. The van der Waals surface area contributed by atoms with Crippen molar-refractivity contribution in [3.63, 3.8) is 0 Å². The molecule has 0 atom stereocenters. The van der Waals surface area contributed by atoms with Crippen LogP contribution in [0.15, 0.2) is 6.07 Å². The van der Waals surface area contributed by atoms with E-state index in [1.165, 1.54) is 0 Å². The molecular formula is C12H19N5O.